The van der Waals surface area contributed by atoms with Crippen LogP contribution in [0.2, 0.25) is 0 Å². The molecule has 2 aromatic heterocycles. The zero-order valence-electron chi connectivity index (χ0n) is 10.9. The summed E-state index contributed by atoms with van der Waals surface area (Å²) in [5.74, 6) is 0.746. The Labute approximate surface area is 115 Å². The van der Waals surface area contributed by atoms with E-state index in [1.807, 2.05) is 31.2 Å². The molecule has 0 amide bonds. The number of hydrogen-bond donors (Lipinski definition) is 1. The number of nitrogens with one attached hydrogen (secondary N) is 1. The molecule has 100 valence electrons. The molecule has 0 saturated carbocycles. The fourth-order valence-corrected chi connectivity index (χ4v) is 1.83. The molecule has 7 heteroatoms. The van der Waals surface area contributed by atoms with Crippen molar-refractivity contribution in [2.75, 3.05) is 5.32 Å². The Morgan fingerprint density at radius 3 is 2.95 bits per heavy atom. The second kappa shape index (κ2) is 5.43. The largest absolute Gasteiger partial charge is 0.379 e. The van der Waals surface area contributed by atoms with Crippen LogP contribution in [0.1, 0.15) is 11.5 Å². The Kier molecular flexibility index (Phi) is 3.32. The van der Waals surface area contributed by atoms with Gasteiger partial charge in [0.2, 0.25) is 0 Å². The number of rotatable bonds is 4. The third-order valence-corrected chi connectivity index (χ3v) is 2.81. The molecule has 0 aliphatic rings. The zero-order valence-corrected chi connectivity index (χ0v) is 10.9. The molecule has 1 aromatic carbocycles. The van der Waals surface area contributed by atoms with Crippen molar-refractivity contribution in [3.05, 3.63) is 54.4 Å². The highest BCUT2D eigenvalue weighted by Crippen LogP contribution is 2.15. The third kappa shape index (κ3) is 2.61. The van der Waals surface area contributed by atoms with Crippen molar-refractivity contribution in [2.45, 2.75) is 13.5 Å². The van der Waals surface area contributed by atoms with Gasteiger partial charge in [-0.1, -0.05) is 6.07 Å². The van der Waals surface area contributed by atoms with Crippen molar-refractivity contribution in [1.82, 2.24) is 30.2 Å². The van der Waals surface area contributed by atoms with Gasteiger partial charge in [0.1, 0.15) is 0 Å². The van der Waals surface area contributed by atoms with E-state index in [-0.39, 0.29) is 0 Å². The SMILES string of the molecule is Cc1nnnn1-c1cccc(NCc2cnccn2)c1. The summed E-state index contributed by atoms with van der Waals surface area (Å²) in [5.41, 5.74) is 2.77. The lowest BCUT2D eigenvalue weighted by Crippen LogP contribution is -2.04. The van der Waals surface area contributed by atoms with Crippen LogP contribution in [0.4, 0.5) is 5.69 Å². The summed E-state index contributed by atoms with van der Waals surface area (Å²) in [4.78, 5) is 8.25. The summed E-state index contributed by atoms with van der Waals surface area (Å²) in [5, 5.41) is 14.8. The molecular weight excluding hydrogens is 254 g/mol. The Bertz CT molecular complexity index is 693. The van der Waals surface area contributed by atoms with E-state index in [2.05, 4.69) is 30.8 Å². The van der Waals surface area contributed by atoms with Crippen LogP contribution < -0.4 is 5.32 Å². The van der Waals surface area contributed by atoms with E-state index >= 15 is 0 Å². The van der Waals surface area contributed by atoms with Gasteiger partial charge in [-0.3, -0.25) is 9.97 Å². The molecule has 3 aromatic rings. The van der Waals surface area contributed by atoms with Gasteiger partial charge in [0, 0.05) is 18.1 Å². The molecule has 3 rings (SSSR count). The Balaban J connectivity index is 1.77. The molecule has 0 fully saturated rings. The summed E-state index contributed by atoms with van der Waals surface area (Å²) >= 11 is 0. The third-order valence-electron chi connectivity index (χ3n) is 2.81. The van der Waals surface area contributed by atoms with E-state index in [1.165, 1.54) is 0 Å². The molecule has 0 saturated heterocycles. The lowest BCUT2D eigenvalue weighted by Gasteiger charge is -2.08. The highest BCUT2D eigenvalue weighted by atomic mass is 15.5. The van der Waals surface area contributed by atoms with Crippen LogP contribution in [0, 0.1) is 6.92 Å². The molecule has 0 spiro atoms. The van der Waals surface area contributed by atoms with Crippen molar-refractivity contribution in [2.24, 2.45) is 0 Å². The maximum atomic E-state index is 4.22. The van der Waals surface area contributed by atoms with E-state index in [4.69, 9.17) is 0 Å². The minimum absolute atomic E-state index is 0.617. The van der Waals surface area contributed by atoms with Crippen molar-refractivity contribution < 1.29 is 0 Å². The van der Waals surface area contributed by atoms with Gasteiger partial charge < -0.3 is 5.32 Å². The quantitative estimate of drug-likeness (QED) is 0.769. The number of tetrazole rings is 1. The lowest BCUT2D eigenvalue weighted by molar-refractivity contribution is 0.779. The fraction of sp³-hybridized carbons (Fsp3) is 0.154. The summed E-state index contributed by atoms with van der Waals surface area (Å²) in [6, 6.07) is 7.88. The van der Waals surface area contributed by atoms with E-state index in [0.717, 1.165) is 22.9 Å². The standard InChI is InChI=1S/C13H13N7/c1-10-17-18-19-20(10)13-4-2-3-11(7-13)16-9-12-8-14-5-6-15-12/h2-8,16H,9H2,1H3. The maximum Gasteiger partial charge on any atom is 0.153 e. The molecule has 0 aliphatic heterocycles. The highest BCUT2D eigenvalue weighted by Gasteiger charge is 2.04. The van der Waals surface area contributed by atoms with Gasteiger partial charge in [0.15, 0.2) is 5.82 Å². The van der Waals surface area contributed by atoms with E-state index in [1.54, 1.807) is 23.3 Å². The topological polar surface area (TPSA) is 81.4 Å². The summed E-state index contributed by atoms with van der Waals surface area (Å²) in [6.45, 7) is 2.48. The van der Waals surface area contributed by atoms with Crippen LogP contribution in [0.3, 0.4) is 0 Å². The Hall–Kier alpha value is -2.83. The molecule has 0 atom stereocenters. The van der Waals surface area contributed by atoms with Gasteiger partial charge >= 0.3 is 0 Å². The number of hydrogen-bond acceptors (Lipinski definition) is 6. The number of benzene rings is 1. The van der Waals surface area contributed by atoms with Crippen LogP contribution in [-0.4, -0.2) is 30.2 Å². The normalized spacial score (nSPS) is 10.4. The first-order chi connectivity index (χ1) is 9.83. The van der Waals surface area contributed by atoms with Crippen molar-refractivity contribution in [3.8, 4) is 5.69 Å². The maximum absolute atomic E-state index is 4.22. The van der Waals surface area contributed by atoms with E-state index < -0.39 is 0 Å². The molecular formula is C13H13N7. The Morgan fingerprint density at radius 2 is 2.20 bits per heavy atom. The molecule has 0 bridgehead atoms. The zero-order chi connectivity index (χ0) is 13.8. The number of nitrogens with zero attached hydrogens (tertiary/aromatic N) is 6. The molecule has 0 aliphatic carbocycles. The average molecular weight is 267 g/mol. The monoisotopic (exact) mass is 267 g/mol. The van der Waals surface area contributed by atoms with Gasteiger partial charge in [-0.2, -0.15) is 4.68 Å². The van der Waals surface area contributed by atoms with Crippen LogP contribution >= 0.6 is 0 Å². The summed E-state index contributed by atoms with van der Waals surface area (Å²) < 4.78 is 1.69. The van der Waals surface area contributed by atoms with Gasteiger partial charge in [-0.25, -0.2) is 0 Å². The first-order valence-electron chi connectivity index (χ1n) is 6.17. The minimum atomic E-state index is 0.617. The van der Waals surface area contributed by atoms with Crippen molar-refractivity contribution in [1.29, 1.82) is 0 Å². The molecule has 7 nitrogen and oxygen atoms in total. The predicted molar refractivity (Wildman–Crippen MR) is 73.2 cm³/mol. The Morgan fingerprint density at radius 1 is 1.25 bits per heavy atom. The summed E-state index contributed by atoms with van der Waals surface area (Å²) in [7, 11) is 0. The minimum Gasteiger partial charge on any atom is -0.379 e. The number of aromatic nitrogens is 6. The van der Waals surface area contributed by atoms with Gasteiger partial charge in [0.25, 0.3) is 0 Å². The van der Waals surface area contributed by atoms with Crippen LogP contribution in [0.25, 0.3) is 5.69 Å². The number of anilines is 1. The smallest absolute Gasteiger partial charge is 0.153 e. The fourth-order valence-electron chi connectivity index (χ4n) is 1.83. The summed E-state index contributed by atoms with van der Waals surface area (Å²) in [6.07, 6.45) is 5.07. The second-order valence-electron chi connectivity index (χ2n) is 4.24. The van der Waals surface area contributed by atoms with Crippen molar-refractivity contribution in [3.63, 3.8) is 0 Å². The van der Waals surface area contributed by atoms with Crippen LogP contribution in [-0.2, 0) is 6.54 Å². The first kappa shape index (κ1) is 12.2. The van der Waals surface area contributed by atoms with Gasteiger partial charge in [-0.05, 0) is 35.5 Å². The molecule has 20 heavy (non-hydrogen) atoms. The van der Waals surface area contributed by atoms with Gasteiger partial charge in [0.05, 0.1) is 24.1 Å². The van der Waals surface area contributed by atoms with Crippen LogP contribution in [0.5, 0.6) is 0 Å². The predicted octanol–water partition coefficient (Wildman–Crippen LogP) is 1.37. The molecule has 0 radical (unpaired) electrons. The van der Waals surface area contributed by atoms with Crippen molar-refractivity contribution >= 4 is 5.69 Å². The second-order valence-corrected chi connectivity index (χ2v) is 4.24. The first-order valence-corrected chi connectivity index (χ1v) is 6.17. The molecule has 2 heterocycles. The van der Waals surface area contributed by atoms with Gasteiger partial charge in [-0.15, -0.1) is 5.10 Å². The van der Waals surface area contributed by atoms with Crippen LogP contribution in [0.15, 0.2) is 42.9 Å². The number of aryl methyl sites for hydroxylation is 1. The average Bonchev–Trinajstić information content (AvgIpc) is 2.93. The molecule has 1 N–H and O–H groups in total. The van der Waals surface area contributed by atoms with E-state index in [0.29, 0.717) is 6.54 Å². The lowest BCUT2D eigenvalue weighted by atomic mass is 10.2. The molecule has 0 unspecified atom stereocenters. The highest BCUT2D eigenvalue weighted by molar-refractivity contribution is 5.51. The van der Waals surface area contributed by atoms with E-state index in [9.17, 15) is 0 Å².